The van der Waals surface area contributed by atoms with E-state index in [9.17, 15) is 13.2 Å². The second kappa shape index (κ2) is 9.62. The molecular formula is C20H23N3O3S3. The quantitative estimate of drug-likeness (QED) is 0.519. The topological polar surface area (TPSA) is 88.2 Å². The smallest absolute Gasteiger partial charge is 0.251 e. The van der Waals surface area contributed by atoms with Gasteiger partial charge in [-0.2, -0.15) is 0 Å². The van der Waals surface area contributed by atoms with E-state index in [-0.39, 0.29) is 11.9 Å². The molecule has 1 atom stereocenters. The molecule has 0 radical (unpaired) electrons. The Morgan fingerprint density at radius 3 is 2.62 bits per heavy atom. The molecule has 0 spiro atoms. The normalized spacial score (nSPS) is 12.6. The van der Waals surface area contributed by atoms with Crippen molar-refractivity contribution in [2.45, 2.75) is 25.8 Å². The maximum atomic E-state index is 12.5. The predicted molar refractivity (Wildman–Crippen MR) is 119 cm³/mol. The van der Waals surface area contributed by atoms with E-state index in [2.05, 4.69) is 10.0 Å². The molecule has 0 saturated carbocycles. The minimum absolute atomic E-state index is 0.106. The molecule has 0 aliphatic carbocycles. The third-order valence-corrected chi connectivity index (χ3v) is 7.07. The molecule has 6 nitrogen and oxygen atoms in total. The van der Waals surface area contributed by atoms with Crippen LogP contribution in [0.5, 0.6) is 0 Å². The molecule has 29 heavy (non-hydrogen) atoms. The van der Waals surface area contributed by atoms with E-state index in [4.69, 9.17) is 4.98 Å². The standard InChI is InChI=1S/C20H23N3O3S3/c1-3-16(22-19(24)14-7-5-4-6-8-14)20-23-17(13-27-20)18-10-9-15(28-18)11-12-21-29(2,25)26/h4-10,13,16,21H,3,11-12H2,1-2H3,(H,22,24). The summed E-state index contributed by atoms with van der Waals surface area (Å²) in [6.07, 6.45) is 2.54. The summed E-state index contributed by atoms with van der Waals surface area (Å²) in [4.78, 5) is 19.3. The van der Waals surface area contributed by atoms with Crippen molar-refractivity contribution < 1.29 is 13.2 Å². The number of nitrogens with one attached hydrogen (secondary N) is 2. The van der Waals surface area contributed by atoms with Crippen LogP contribution in [0.4, 0.5) is 0 Å². The monoisotopic (exact) mass is 449 g/mol. The van der Waals surface area contributed by atoms with Crippen molar-refractivity contribution >= 4 is 38.6 Å². The van der Waals surface area contributed by atoms with E-state index in [0.717, 1.165) is 33.1 Å². The lowest BCUT2D eigenvalue weighted by atomic mass is 10.2. The summed E-state index contributed by atoms with van der Waals surface area (Å²) in [6.45, 7) is 2.40. The first kappa shape index (κ1) is 21.6. The Hall–Kier alpha value is -2.07. The molecule has 0 saturated heterocycles. The Bertz CT molecular complexity index is 1060. The van der Waals surface area contributed by atoms with Crippen LogP contribution in [0, 0.1) is 0 Å². The van der Waals surface area contributed by atoms with Gasteiger partial charge in [-0.05, 0) is 37.1 Å². The van der Waals surface area contributed by atoms with Crippen LogP contribution in [0.15, 0.2) is 47.8 Å². The average Bonchev–Trinajstić information content (AvgIpc) is 3.35. The summed E-state index contributed by atoms with van der Waals surface area (Å²) in [5.74, 6) is -0.106. The van der Waals surface area contributed by atoms with Gasteiger partial charge in [-0.15, -0.1) is 22.7 Å². The van der Waals surface area contributed by atoms with Crippen molar-refractivity contribution in [2.75, 3.05) is 12.8 Å². The van der Waals surface area contributed by atoms with Crippen LogP contribution in [0.3, 0.4) is 0 Å². The second-order valence-corrected chi connectivity index (χ2v) is 10.4. The van der Waals surface area contributed by atoms with Crippen molar-refractivity contribution in [3.8, 4) is 10.6 Å². The molecule has 0 bridgehead atoms. The molecule has 3 rings (SSSR count). The van der Waals surface area contributed by atoms with Crippen LogP contribution < -0.4 is 10.0 Å². The largest absolute Gasteiger partial charge is 0.343 e. The molecule has 2 aromatic heterocycles. The van der Waals surface area contributed by atoms with Gasteiger partial charge < -0.3 is 5.32 Å². The van der Waals surface area contributed by atoms with E-state index in [1.165, 1.54) is 11.3 Å². The summed E-state index contributed by atoms with van der Waals surface area (Å²) < 4.78 is 24.8. The average molecular weight is 450 g/mol. The molecule has 0 fully saturated rings. The van der Waals surface area contributed by atoms with Crippen LogP contribution in [0.2, 0.25) is 0 Å². The van der Waals surface area contributed by atoms with Crippen LogP contribution >= 0.6 is 22.7 Å². The van der Waals surface area contributed by atoms with Gasteiger partial charge in [0.05, 0.1) is 22.9 Å². The SMILES string of the molecule is CCC(NC(=O)c1ccccc1)c1nc(-c2ccc(CCNS(C)(=O)=O)s2)cs1. The summed E-state index contributed by atoms with van der Waals surface area (Å²) in [5.41, 5.74) is 1.51. The Morgan fingerprint density at radius 1 is 1.17 bits per heavy atom. The zero-order valence-corrected chi connectivity index (χ0v) is 18.7. The van der Waals surface area contributed by atoms with Crippen LogP contribution in [0.1, 0.15) is 39.6 Å². The van der Waals surface area contributed by atoms with Gasteiger partial charge in [0.1, 0.15) is 5.01 Å². The fourth-order valence-corrected chi connectivity index (χ4v) is 5.21. The number of thiazole rings is 1. The molecular weight excluding hydrogens is 426 g/mol. The third-order valence-electron chi connectivity index (χ3n) is 4.22. The van der Waals surface area contributed by atoms with Crippen molar-refractivity contribution in [1.82, 2.24) is 15.0 Å². The highest BCUT2D eigenvalue weighted by atomic mass is 32.2. The fourth-order valence-electron chi connectivity index (χ4n) is 2.74. The predicted octanol–water partition coefficient (Wildman–Crippen LogP) is 3.84. The van der Waals surface area contributed by atoms with Crippen molar-refractivity contribution in [2.24, 2.45) is 0 Å². The lowest BCUT2D eigenvalue weighted by molar-refractivity contribution is 0.0935. The van der Waals surface area contributed by atoms with Crippen LogP contribution in [-0.2, 0) is 16.4 Å². The molecule has 2 heterocycles. The summed E-state index contributed by atoms with van der Waals surface area (Å²) in [7, 11) is -3.17. The number of aromatic nitrogens is 1. The molecule has 0 aliphatic rings. The molecule has 1 amide bonds. The summed E-state index contributed by atoms with van der Waals surface area (Å²) >= 11 is 3.14. The molecule has 9 heteroatoms. The van der Waals surface area contributed by atoms with Gasteiger partial charge in [0.15, 0.2) is 0 Å². The number of thiophene rings is 1. The van der Waals surface area contributed by atoms with E-state index < -0.39 is 10.0 Å². The van der Waals surface area contributed by atoms with E-state index in [1.54, 1.807) is 23.5 Å². The Kier molecular flexibility index (Phi) is 7.18. The van der Waals surface area contributed by atoms with Gasteiger partial charge in [0, 0.05) is 22.4 Å². The first-order valence-corrected chi connectivity index (χ1v) is 12.8. The molecule has 3 aromatic rings. The van der Waals surface area contributed by atoms with Gasteiger partial charge in [0.25, 0.3) is 5.91 Å². The van der Waals surface area contributed by atoms with Crippen molar-refractivity contribution in [1.29, 1.82) is 0 Å². The lowest BCUT2D eigenvalue weighted by Crippen LogP contribution is -2.28. The number of nitrogens with zero attached hydrogens (tertiary/aromatic N) is 1. The van der Waals surface area contributed by atoms with Gasteiger partial charge in [-0.3, -0.25) is 4.79 Å². The Labute approximate surface area is 179 Å². The van der Waals surface area contributed by atoms with Gasteiger partial charge in [-0.1, -0.05) is 25.1 Å². The van der Waals surface area contributed by atoms with Crippen LogP contribution in [-0.4, -0.2) is 32.1 Å². The molecule has 0 aliphatic heterocycles. The van der Waals surface area contributed by atoms with E-state index in [0.29, 0.717) is 18.5 Å². The number of amides is 1. The lowest BCUT2D eigenvalue weighted by Gasteiger charge is -2.14. The Morgan fingerprint density at radius 2 is 1.93 bits per heavy atom. The van der Waals surface area contributed by atoms with E-state index >= 15 is 0 Å². The number of benzene rings is 1. The number of hydrogen-bond acceptors (Lipinski definition) is 6. The third kappa shape index (κ3) is 6.20. The molecule has 1 aromatic carbocycles. The maximum absolute atomic E-state index is 12.5. The van der Waals surface area contributed by atoms with Gasteiger partial charge >= 0.3 is 0 Å². The zero-order chi connectivity index (χ0) is 20.9. The molecule has 2 N–H and O–H groups in total. The molecule has 1 unspecified atom stereocenters. The van der Waals surface area contributed by atoms with E-state index in [1.807, 2.05) is 42.6 Å². The zero-order valence-electron chi connectivity index (χ0n) is 16.2. The summed E-state index contributed by atoms with van der Waals surface area (Å²) in [6, 6.07) is 13.0. The minimum Gasteiger partial charge on any atom is -0.343 e. The number of rotatable bonds is 9. The van der Waals surface area contributed by atoms with Gasteiger partial charge in [-0.25, -0.2) is 18.1 Å². The van der Waals surface area contributed by atoms with Crippen molar-refractivity contribution in [3.63, 3.8) is 0 Å². The maximum Gasteiger partial charge on any atom is 0.251 e. The first-order valence-electron chi connectivity index (χ1n) is 9.20. The number of carbonyl (C=O) groups is 1. The Balaban J connectivity index is 1.65. The highest BCUT2D eigenvalue weighted by Crippen LogP contribution is 2.32. The number of hydrogen-bond donors (Lipinski definition) is 2. The number of sulfonamides is 1. The summed E-state index contributed by atoms with van der Waals surface area (Å²) in [5, 5.41) is 5.93. The fraction of sp³-hybridized carbons (Fsp3) is 0.300. The highest BCUT2D eigenvalue weighted by Gasteiger charge is 2.18. The first-order chi connectivity index (χ1) is 13.9. The van der Waals surface area contributed by atoms with Crippen molar-refractivity contribution in [3.05, 3.63) is 63.3 Å². The highest BCUT2D eigenvalue weighted by molar-refractivity contribution is 7.88. The molecule has 154 valence electrons. The number of carbonyl (C=O) groups excluding carboxylic acids is 1. The van der Waals surface area contributed by atoms with Crippen LogP contribution in [0.25, 0.3) is 10.6 Å². The second-order valence-electron chi connectivity index (χ2n) is 6.55. The minimum atomic E-state index is -3.17. The van der Waals surface area contributed by atoms with Gasteiger partial charge in [0.2, 0.25) is 10.0 Å².